The summed E-state index contributed by atoms with van der Waals surface area (Å²) in [5.41, 5.74) is 0.664. The van der Waals surface area contributed by atoms with Crippen molar-refractivity contribution in [2.24, 2.45) is 5.92 Å². The lowest BCUT2D eigenvalue weighted by atomic mass is 9.82. The number of aromatic nitrogens is 1. The molecule has 1 aromatic heterocycles. The van der Waals surface area contributed by atoms with Crippen LogP contribution in [0.4, 0.5) is 0 Å². The fourth-order valence-electron chi connectivity index (χ4n) is 2.03. The topological polar surface area (TPSA) is 53.4 Å². The first-order valence-corrected chi connectivity index (χ1v) is 5.50. The minimum Gasteiger partial charge on any atom is -0.393 e. The standard InChI is InChI=1S/C12H16N2O2/c1-14(8-9-6-11(15)7-9)12(16)10-2-4-13-5-3-10/h2-5,9,11,15H,6-8H2,1H3. The molecule has 1 aliphatic rings. The Kier molecular flexibility index (Phi) is 3.19. The highest BCUT2D eigenvalue weighted by molar-refractivity contribution is 5.93. The highest BCUT2D eigenvalue weighted by Gasteiger charge is 2.29. The molecule has 0 bridgehead atoms. The van der Waals surface area contributed by atoms with Gasteiger partial charge in [-0.3, -0.25) is 9.78 Å². The maximum Gasteiger partial charge on any atom is 0.253 e. The van der Waals surface area contributed by atoms with Crippen molar-refractivity contribution < 1.29 is 9.90 Å². The smallest absolute Gasteiger partial charge is 0.253 e. The normalized spacial score (nSPS) is 23.6. The summed E-state index contributed by atoms with van der Waals surface area (Å²) in [5.74, 6) is 0.467. The molecule has 1 aromatic rings. The third-order valence-corrected chi connectivity index (χ3v) is 3.02. The number of carbonyl (C=O) groups excluding carboxylic acids is 1. The van der Waals surface area contributed by atoms with Crippen LogP contribution in [0.2, 0.25) is 0 Å². The number of rotatable bonds is 3. The lowest BCUT2D eigenvalue weighted by molar-refractivity contribution is 0.0265. The highest BCUT2D eigenvalue weighted by atomic mass is 16.3. The van der Waals surface area contributed by atoms with E-state index in [-0.39, 0.29) is 12.0 Å². The number of hydrogen-bond donors (Lipinski definition) is 1. The molecule has 0 aliphatic heterocycles. The van der Waals surface area contributed by atoms with E-state index in [1.54, 1.807) is 36.5 Å². The molecule has 1 N–H and O–H groups in total. The molecule has 16 heavy (non-hydrogen) atoms. The van der Waals surface area contributed by atoms with Gasteiger partial charge in [0, 0.05) is 31.5 Å². The first-order chi connectivity index (χ1) is 7.66. The maximum absolute atomic E-state index is 11.9. The molecule has 1 aliphatic carbocycles. The number of hydrogen-bond acceptors (Lipinski definition) is 3. The van der Waals surface area contributed by atoms with Gasteiger partial charge in [-0.2, -0.15) is 0 Å². The molecule has 4 heteroatoms. The van der Waals surface area contributed by atoms with Crippen molar-refractivity contribution >= 4 is 5.91 Å². The molecule has 2 rings (SSSR count). The first kappa shape index (κ1) is 11.1. The molecule has 1 saturated carbocycles. The second-order valence-electron chi connectivity index (χ2n) is 4.41. The van der Waals surface area contributed by atoms with Crippen LogP contribution in [0.25, 0.3) is 0 Å². The summed E-state index contributed by atoms with van der Waals surface area (Å²) < 4.78 is 0. The first-order valence-electron chi connectivity index (χ1n) is 5.50. The third kappa shape index (κ3) is 2.39. The molecule has 0 radical (unpaired) electrons. The van der Waals surface area contributed by atoms with Gasteiger partial charge in [-0.1, -0.05) is 0 Å². The van der Waals surface area contributed by atoms with E-state index < -0.39 is 0 Å². The fourth-order valence-corrected chi connectivity index (χ4v) is 2.03. The minimum absolute atomic E-state index is 0.0174. The molecule has 0 spiro atoms. The monoisotopic (exact) mass is 220 g/mol. The van der Waals surface area contributed by atoms with Gasteiger partial charge in [0.1, 0.15) is 0 Å². The largest absolute Gasteiger partial charge is 0.393 e. The lowest BCUT2D eigenvalue weighted by Crippen LogP contribution is -2.39. The van der Waals surface area contributed by atoms with Crippen LogP contribution < -0.4 is 0 Å². The Morgan fingerprint density at radius 2 is 2.12 bits per heavy atom. The highest BCUT2D eigenvalue weighted by Crippen LogP contribution is 2.27. The Balaban J connectivity index is 1.90. The van der Waals surface area contributed by atoms with Gasteiger partial charge in [-0.05, 0) is 30.9 Å². The van der Waals surface area contributed by atoms with Crippen LogP contribution in [0, 0.1) is 5.92 Å². The summed E-state index contributed by atoms with van der Waals surface area (Å²) in [6, 6.07) is 3.43. The number of carbonyl (C=O) groups is 1. The number of aliphatic hydroxyl groups is 1. The average molecular weight is 220 g/mol. The molecule has 1 heterocycles. The van der Waals surface area contributed by atoms with Gasteiger partial charge < -0.3 is 10.0 Å². The van der Waals surface area contributed by atoms with E-state index in [9.17, 15) is 9.90 Å². The predicted octanol–water partition coefficient (Wildman–Crippen LogP) is 0.925. The molecule has 1 fully saturated rings. The minimum atomic E-state index is -0.158. The van der Waals surface area contributed by atoms with E-state index in [1.165, 1.54) is 0 Å². The molecule has 0 unspecified atom stereocenters. The van der Waals surface area contributed by atoms with Crippen LogP contribution in [0.15, 0.2) is 24.5 Å². The summed E-state index contributed by atoms with van der Waals surface area (Å²) in [4.78, 5) is 17.5. The Bertz CT molecular complexity index is 361. The van der Waals surface area contributed by atoms with Crippen LogP contribution in [0.5, 0.6) is 0 Å². The average Bonchev–Trinajstić information content (AvgIpc) is 2.27. The van der Waals surface area contributed by atoms with Gasteiger partial charge >= 0.3 is 0 Å². The molecule has 0 aromatic carbocycles. The molecule has 0 saturated heterocycles. The molecular formula is C12H16N2O2. The zero-order valence-electron chi connectivity index (χ0n) is 9.34. The van der Waals surface area contributed by atoms with Crippen molar-refractivity contribution in [3.8, 4) is 0 Å². The SMILES string of the molecule is CN(CC1CC(O)C1)C(=O)c1ccncc1. The molecular weight excluding hydrogens is 204 g/mol. The fraction of sp³-hybridized carbons (Fsp3) is 0.500. The quantitative estimate of drug-likeness (QED) is 0.824. The Labute approximate surface area is 94.9 Å². The Morgan fingerprint density at radius 1 is 1.50 bits per heavy atom. The van der Waals surface area contributed by atoms with Gasteiger partial charge in [0.05, 0.1) is 6.10 Å². The summed E-state index contributed by atoms with van der Waals surface area (Å²) >= 11 is 0. The summed E-state index contributed by atoms with van der Waals surface area (Å²) in [7, 11) is 1.80. The van der Waals surface area contributed by atoms with Crippen LogP contribution in [-0.2, 0) is 0 Å². The zero-order valence-corrected chi connectivity index (χ0v) is 9.34. The van der Waals surface area contributed by atoms with Crippen molar-refractivity contribution in [3.63, 3.8) is 0 Å². The van der Waals surface area contributed by atoms with Crippen molar-refractivity contribution in [2.45, 2.75) is 18.9 Å². The van der Waals surface area contributed by atoms with Crippen LogP contribution >= 0.6 is 0 Å². The molecule has 0 atom stereocenters. The number of nitrogens with zero attached hydrogens (tertiary/aromatic N) is 2. The van der Waals surface area contributed by atoms with Crippen LogP contribution in [-0.4, -0.2) is 40.6 Å². The summed E-state index contributed by atoms with van der Waals surface area (Å²) in [6.07, 6.45) is 4.71. The maximum atomic E-state index is 11.9. The van der Waals surface area contributed by atoms with Gasteiger partial charge in [0.15, 0.2) is 0 Å². The number of amides is 1. The van der Waals surface area contributed by atoms with E-state index in [0.717, 1.165) is 19.4 Å². The van der Waals surface area contributed by atoms with E-state index in [2.05, 4.69) is 4.98 Å². The predicted molar refractivity (Wildman–Crippen MR) is 59.9 cm³/mol. The summed E-state index contributed by atoms with van der Waals surface area (Å²) in [6.45, 7) is 0.720. The summed E-state index contributed by atoms with van der Waals surface area (Å²) in [5, 5.41) is 9.18. The van der Waals surface area contributed by atoms with Crippen LogP contribution in [0.3, 0.4) is 0 Å². The van der Waals surface area contributed by atoms with Gasteiger partial charge in [-0.25, -0.2) is 0 Å². The van der Waals surface area contributed by atoms with Gasteiger partial charge in [-0.15, -0.1) is 0 Å². The number of aliphatic hydroxyl groups excluding tert-OH is 1. The Morgan fingerprint density at radius 3 is 2.69 bits per heavy atom. The number of pyridine rings is 1. The second-order valence-corrected chi connectivity index (χ2v) is 4.41. The Hall–Kier alpha value is -1.42. The molecule has 86 valence electrons. The van der Waals surface area contributed by atoms with Crippen molar-refractivity contribution in [2.75, 3.05) is 13.6 Å². The molecule has 1 amide bonds. The van der Waals surface area contributed by atoms with Crippen molar-refractivity contribution in [1.82, 2.24) is 9.88 Å². The van der Waals surface area contributed by atoms with Gasteiger partial charge in [0.25, 0.3) is 5.91 Å². The van der Waals surface area contributed by atoms with Crippen molar-refractivity contribution in [1.29, 1.82) is 0 Å². The van der Waals surface area contributed by atoms with Gasteiger partial charge in [0.2, 0.25) is 0 Å². The van der Waals surface area contributed by atoms with Crippen molar-refractivity contribution in [3.05, 3.63) is 30.1 Å². The molecule has 4 nitrogen and oxygen atoms in total. The van der Waals surface area contributed by atoms with E-state index in [1.807, 2.05) is 0 Å². The van der Waals surface area contributed by atoms with Crippen LogP contribution in [0.1, 0.15) is 23.2 Å². The van der Waals surface area contributed by atoms with E-state index in [0.29, 0.717) is 11.5 Å². The third-order valence-electron chi connectivity index (χ3n) is 3.02. The van der Waals surface area contributed by atoms with E-state index >= 15 is 0 Å². The van der Waals surface area contributed by atoms with E-state index in [4.69, 9.17) is 0 Å². The lowest BCUT2D eigenvalue weighted by Gasteiger charge is -2.34. The zero-order chi connectivity index (χ0) is 11.5. The second kappa shape index (κ2) is 4.61.